The summed E-state index contributed by atoms with van der Waals surface area (Å²) >= 11 is 0. The number of nitrogens with zero attached hydrogens (tertiary/aromatic N) is 3. The molecule has 0 aliphatic carbocycles. The van der Waals surface area contributed by atoms with Gasteiger partial charge >= 0.3 is 0 Å². The molecule has 0 atom stereocenters. The number of nitrogen functional groups attached to an aromatic ring is 1. The van der Waals surface area contributed by atoms with E-state index in [-0.39, 0.29) is 0 Å². The van der Waals surface area contributed by atoms with Crippen LogP contribution in [-0.4, -0.2) is 29.6 Å². The van der Waals surface area contributed by atoms with Crippen LogP contribution in [0.3, 0.4) is 0 Å². The van der Waals surface area contributed by atoms with E-state index in [0.717, 1.165) is 49.8 Å². The predicted octanol–water partition coefficient (Wildman–Crippen LogP) is 0.695. The number of hydrogen-bond acceptors (Lipinski definition) is 5. The third-order valence-electron chi connectivity index (χ3n) is 3.59. The van der Waals surface area contributed by atoms with E-state index < -0.39 is 0 Å². The van der Waals surface area contributed by atoms with Crippen LogP contribution in [0, 0.1) is 0 Å². The number of rotatable bonds is 1. The Kier molecular flexibility index (Phi) is 2.84. The number of anilines is 2. The minimum Gasteiger partial charge on any atom is -0.383 e. The molecule has 1 aromatic rings. The molecule has 1 saturated heterocycles. The normalized spacial score (nSPS) is 20.1. The van der Waals surface area contributed by atoms with Crippen LogP contribution >= 0.6 is 0 Å². The van der Waals surface area contributed by atoms with E-state index in [1.165, 1.54) is 19.3 Å². The molecule has 0 saturated carbocycles. The fourth-order valence-corrected chi connectivity index (χ4v) is 2.59. The lowest BCUT2D eigenvalue weighted by Gasteiger charge is -2.28. The molecule has 0 unspecified atom stereocenters. The summed E-state index contributed by atoms with van der Waals surface area (Å²) in [5.74, 6) is 1.49. The van der Waals surface area contributed by atoms with Gasteiger partial charge in [0.1, 0.15) is 5.82 Å². The molecule has 1 aromatic heterocycles. The maximum atomic E-state index is 6.03. The van der Waals surface area contributed by atoms with Crippen molar-refractivity contribution in [1.29, 1.82) is 0 Å². The lowest BCUT2D eigenvalue weighted by atomic mass is 10.1. The first-order valence-electron chi connectivity index (χ1n) is 6.45. The molecule has 3 N–H and O–H groups in total. The van der Waals surface area contributed by atoms with Gasteiger partial charge in [-0.2, -0.15) is 4.98 Å². The van der Waals surface area contributed by atoms with Crippen LogP contribution in [0.4, 0.5) is 11.8 Å². The van der Waals surface area contributed by atoms with Crippen LogP contribution in [0.2, 0.25) is 0 Å². The zero-order valence-electron chi connectivity index (χ0n) is 10.1. The van der Waals surface area contributed by atoms with Gasteiger partial charge in [-0.1, -0.05) is 0 Å². The summed E-state index contributed by atoms with van der Waals surface area (Å²) in [6, 6.07) is 0. The summed E-state index contributed by atoms with van der Waals surface area (Å²) in [6.45, 7) is 3.93. The van der Waals surface area contributed by atoms with Crippen molar-refractivity contribution in [1.82, 2.24) is 15.3 Å². The van der Waals surface area contributed by atoms with Crippen LogP contribution < -0.4 is 16.0 Å². The monoisotopic (exact) mass is 233 g/mol. The van der Waals surface area contributed by atoms with Gasteiger partial charge < -0.3 is 16.0 Å². The second-order valence-corrected chi connectivity index (χ2v) is 4.81. The van der Waals surface area contributed by atoms with E-state index >= 15 is 0 Å². The Hall–Kier alpha value is -1.36. The minimum atomic E-state index is 0.655. The van der Waals surface area contributed by atoms with Gasteiger partial charge in [0.05, 0.1) is 5.69 Å². The molecule has 3 rings (SSSR count). The Bertz CT molecular complexity index is 412. The van der Waals surface area contributed by atoms with Gasteiger partial charge in [0.15, 0.2) is 0 Å². The highest BCUT2D eigenvalue weighted by Crippen LogP contribution is 2.22. The summed E-state index contributed by atoms with van der Waals surface area (Å²) in [6.07, 6.45) is 4.76. The van der Waals surface area contributed by atoms with Crippen LogP contribution in [0.25, 0.3) is 0 Å². The molecule has 2 aliphatic rings. The fourth-order valence-electron chi connectivity index (χ4n) is 2.59. The number of aromatic nitrogens is 2. The van der Waals surface area contributed by atoms with E-state index in [1.54, 1.807) is 0 Å². The molecule has 2 aliphatic heterocycles. The van der Waals surface area contributed by atoms with E-state index in [0.29, 0.717) is 5.82 Å². The summed E-state index contributed by atoms with van der Waals surface area (Å²) in [4.78, 5) is 11.4. The lowest BCUT2D eigenvalue weighted by molar-refractivity contribution is 0.563. The third kappa shape index (κ3) is 2.07. The molecule has 3 heterocycles. The van der Waals surface area contributed by atoms with Crippen LogP contribution in [0.1, 0.15) is 30.5 Å². The standard InChI is InChI=1S/C12H19N5/c13-11-9-8-14-5-4-10(9)15-12(16-11)17-6-2-1-3-7-17/h14H,1-8H2,(H2,13,15,16). The highest BCUT2D eigenvalue weighted by Gasteiger charge is 2.19. The molecule has 5 nitrogen and oxygen atoms in total. The summed E-state index contributed by atoms with van der Waals surface area (Å²) in [7, 11) is 0. The Labute approximate surface area is 101 Å². The van der Waals surface area contributed by atoms with Crippen molar-refractivity contribution in [3.8, 4) is 0 Å². The second-order valence-electron chi connectivity index (χ2n) is 4.81. The number of piperidine rings is 1. The quantitative estimate of drug-likeness (QED) is 0.747. The second kappa shape index (κ2) is 4.49. The SMILES string of the molecule is Nc1nc(N2CCCCC2)nc2c1CNCC2. The topological polar surface area (TPSA) is 67.1 Å². The molecule has 92 valence electrons. The van der Waals surface area contributed by atoms with Gasteiger partial charge in [0.25, 0.3) is 0 Å². The first kappa shape index (κ1) is 10.8. The highest BCUT2D eigenvalue weighted by molar-refractivity contribution is 5.49. The highest BCUT2D eigenvalue weighted by atomic mass is 15.3. The number of fused-ring (bicyclic) bond motifs is 1. The summed E-state index contributed by atoms with van der Waals surface area (Å²) in [5, 5.41) is 3.31. The van der Waals surface area contributed by atoms with Crippen molar-refractivity contribution < 1.29 is 0 Å². The van der Waals surface area contributed by atoms with Crippen LogP contribution in [0.15, 0.2) is 0 Å². The van der Waals surface area contributed by atoms with Gasteiger partial charge in [-0.05, 0) is 19.3 Å². The van der Waals surface area contributed by atoms with Gasteiger partial charge in [-0.15, -0.1) is 0 Å². The molecule has 1 fully saturated rings. The third-order valence-corrected chi connectivity index (χ3v) is 3.59. The van der Waals surface area contributed by atoms with Crippen molar-refractivity contribution in [2.75, 3.05) is 30.3 Å². The van der Waals surface area contributed by atoms with Gasteiger partial charge in [0.2, 0.25) is 5.95 Å². The van der Waals surface area contributed by atoms with Crippen molar-refractivity contribution >= 4 is 11.8 Å². The van der Waals surface area contributed by atoms with E-state index in [1.807, 2.05) is 0 Å². The molecule has 0 amide bonds. The van der Waals surface area contributed by atoms with Crippen LogP contribution in [0.5, 0.6) is 0 Å². The maximum Gasteiger partial charge on any atom is 0.227 e. The number of nitrogens with two attached hydrogens (primary N) is 1. The van der Waals surface area contributed by atoms with Crippen molar-refractivity contribution in [2.24, 2.45) is 0 Å². The summed E-state index contributed by atoms with van der Waals surface area (Å²) < 4.78 is 0. The van der Waals surface area contributed by atoms with E-state index in [4.69, 9.17) is 10.7 Å². The average Bonchev–Trinajstić information content (AvgIpc) is 2.40. The molecule has 17 heavy (non-hydrogen) atoms. The lowest BCUT2D eigenvalue weighted by Crippen LogP contribution is -2.33. The Morgan fingerprint density at radius 2 is 1.94 bits per heavy atom. The molecule has 0 bridgehead atoms. The molecule has 0 spiro atoms. The zero-order valence-corrected chi connectivity index (χ0v) is 10.1. The molecule has 0 aromatic carbocycles. The van der Waals surface area contributed by atoms with E-state index in [9.17, 15) is 0 Å². The molecular weight excluding hydrogens is 214 g/mol. The minimum absolute atomic E-state index is 0.655. The first-order valence-corrected chi connectivity index (χ1v) is 6.45. The predicted molar refractivity (Wildman–Crippen MR) is 67.9 cm³/mol. The number of hydrogen-bond donors (Lipinski definition) is 2. The Balaban J connectivity index is 1.92. The largest absolute Gasteiger partial charge is 0.383 e. The summed E-state index contributed by atoms with van der Waals surface area (Å²) in [5.41, 5.74) is 8.26. The van der Waals surface area contributed by atoms with E-state index in [2.05, 4.69) is 15.2 Å². The fraction of sp³-hybridized carbons (Fsp3) is 0.667. The molecular formula is C12H19N5. The van der Waals surface area contributed by atoms with Crippen molar-refractivity contribution in [2.45, 2.75) is 32.2 Å². The van der Waals surface area contributed by atoms with Crippen molar-refractivity contribution in [3.63, 3.8) is 0 Å². The smallest absolute Gasteiger partial charge is 0.227 e. The number of nitrogens with one attached hydrogen (secondary N) is 1. The Morgan fingerprint density at radius 3 is 2.76 bits per heavy atom. The van der Waals surface area contributed by atoms with Gasteiger partial charge in [-0.3, -0.25) is 0 Å². The molecule has 5 heteroatoms. The van der Waals surface area contributed by atoms with Crippen LogP contribution in [-0.2, 0) is 13.0 Å². The Morgan fingerprint density at radius 1 is 1.12 bits per heavy atom. The van der Waals surface area contributed by atoms with Gasteiger partial charge in [0, 0.05) is 38.2 Å². The van der Waals surface area contributed by atoms with Gasteiger partial charge in [-0.25, -0.2) is 4.98 Å². The maximum absolute atomic E-state index is 6.03. The van der Waals surface area contributed by atoms with Crippen molar-refractivity contribution in [3.05, 3.63) is 11.3 Å². The molecule has 0 radical (unpaired) electrons. The first-order chi connectivity index (χ1) is 8.34. The zero-order chi connectivity index (χ0) is 11.7. The average molecular weight is 233 g/mol.